The van der Waals surface area contributed by atoms with Crippen molar-refractivity contribution in [1.82, 2.24) is 9.97 Å². The molecule has 0 amide bonds. The van der Waals surface area contributed by atoms with Crippen molar-refractivity contribution in [2.24, 2.45) is 0 Å². The summed E-state index contributed by atoms with van der Waals surface area (Å²) in [5.41, 5.74) is 0.510. The zero-order chi connectivity index (χ0) is 16.1. The Morgan fingerprint density at radius 2 is 1.86 bits per heavy atom. The molecular formula is C14H20ClN3O3S. The Kier molecular flexibility index (Phi) is 3.86. The van der Waals surface area contributed by atoms with Crippen LogP contribution >= 0.6 is 11.6 Å². The fraction of sp³-hybridized carbons (Fsp3) is 0.714. The van der Waals surface area contributed by atoms with Crippen molar-refractivity contribution in [2.75, 3.05) is 24.4 Å². The van der Waals surface area contributed by atoms with E-state index in [1.807, 2.05) is 0 Å². The van der Waals surface area contributed by atoms with E-state index in [9.17, 15) is 8.42 Å². The number of nitrogens with zero attached hydrogens (tertiary/aromatic N) is 3. The van der Waals surface area contributed by atoms with E-state index < -0.39 is 14.6 Å². The van der Waals surface area contributed by atoms with Crippen LogP contribution < -0.4 is 4.90 Å². The van der Waals surface area contributed by atoms with Crippen LogP contribution in [0, 0.1) is 0 Å². The van der Waals surface area contributed by atoms with Crippen molar-refractivity contribution in [2.45, 2.75) is 43.5 Å². The zero-order valence-corrected chi connectivity index (χ0v) is 14.5. The van der Waals surface area contributed by atoms with E-state index >= 15 is 0 Å². The number of sulfone groups is 1. The number of rotatable bonds is 3. The Morgan fingerprint density at radius 1 is 1.27 bits per heavy atom. The van der Waals surface area contributed by atoms with Crippen LogP contribution in [0.1, 0.15) is 32.4 Å². The number of ether oxygens (including phenoxy) is 1. The van der Waals surface area contributed by atoms with Gasteiger partial charge < -0.3 is 9.64 Å². The summed E-state index contributed by atoms with van der Waals surface area (Å²) in [5.74, 6) is 0.674. The molecule has 1 saturated heterocycles. The first-order valence-corrected chi connectivity index (χ1v) is 9.62. The molecule has 6 nitrogen and oxygen atoms in total. The Labute approximate surface area is 135 Å². The molecule has 2 atom stereocenters. The number of aromatic nitrogens is 2. The number of hydrogen-bond acceptors (Lipinski definition) is 6. The topological polar surface area (TPSA) is 72.4 Å². The first-order valence-electron chi connectivity index (χ1n) is 7.35. The molecule has 2 heterocycles. The highest BCUT2D eigenvalue weighted by Gasteiger charge is 2.55. The van der Waals surface area contributed by atoms with Gasteiger partial charge in [-0.1, -0.05) is 0 Å². The summed E-state index contributed by atoms with van der Waals surface area (Å²) < 4.78 is 28.9. The van der Waals surface area contributed by atoms with Gasteiger partial charge in [-0.25, -0.2) is 18.4 Å². The first kappa shape index (κ1) is 16.0. The lowest BCUT2D eigenvalue weighted by molar-refractivity contribution is 0.0752. The van der Waals surface area contributed by atoms with Crippen molar-refractivity contribution >= 4 is 27.3 Å². The second-order valence-corrected chi connectivity index (χ2v) is 8.95. The number of anilines is 1. The van der Waals surface area contributed by atoms with Crippen molar-refractivity contribution in [3.05, 3.63) is 17.0 Å². The third kappa shape index (κ3) is 2.59. The fourth-order valence-corrected chi connectivity index (χ4v) is 4.66. The molecule has 1 aliphatic carbocycles. The van der Waals surface area contributed by atoms with E-state index in [1.54, 1.807) is 6.07 Å². The molecule has 8 heteroatoms. The lowest BCUT2D eigenvalue weighted by Crippen LogP contribution is -2.50. The molecule has 2 aliphatic rings. The highest BCUT2D eigenvalue weighted by molar-refractivity contribution is 7.91. The quantitative estimate of drug-likeness (QED) is 0.777. The molecule has 0 radical (unpaired) electrons. The maximum Gasteiger partial charge on any atom is 0.224 e. The number of morpholine rings is 1. The molecular weight excluding hydrogens is 326 g/mol. The molecule has 1 aliphatic heterocycles. The lowest BCUT2D eigenvalue weighted by Gasteiger charge is -2.39. The van der Waals surface area contributed by atoms with Gasteiger partial charge in [0.1, 0.15) is 10.6 Å². The fourth-order valence-electron chi connectivity index (χ4n) is 3.16. The molecule has 1 aromatic heterocycles. The maximum atomic E-state index is 12.1. The molecule has 0 N–H and O–H groups in total. The van der Waals surface area contributed by atoms with Gasteiger partial charge in [-0.2, -0.15) is 0 Å². The lowest BCUT2D eigenvalue weighted by atomic mass is 10.1. The van der Waals surface area contributed by atoms with E-state index in [2.05, 4.69) is 28.7 Å². The predicted octanol–water partition coefficient (Wildman–Crippen LogP) is 1.78. The summed E-state index contributed by atoms with van der Waals surface area (Å²) in [6, 6.07) is 2.07. The average Bonchev–Trinajstić information content (AvgIpc) is 3.18. The van der Waals surface area contributed by atoms with Gasteiger partial charge in [-0.3, -0.25) is 0 Å². The zero-order valence-electron chi connectivity index (χ0n) is 12.9. The summed E-state index contributed by atoms with van der Waals surface area (Å²) >= 11 is 6.07. The summed E-state index contributed by atoms with van der Waals surface area (Å²) in [5, 5.41) is 0.0910. The Bertz CT molecular complexity index is 681. The van der Waals surface area contributed by atoms with E-state index in [4.69, 9.17) is 16.3 Å². The van der Waals surface area contributed by atoms with Crippen LogP contribution in [0.3, 0.4) is 0 Å². The van der Waals surface area contributed by atoms with Crippen LogP contribution in [0.2, 0.25) is 5.28 Å². The third-order valence-electron chi connectivity index (χ3n) is 4.50. The standard InChI is InChI=1S/C14H20ClN3O3S/c1-9-7-21-8-10(2)18(9)12-6-11(16-13(15)17-12)14(4-5-14)22(3,19)20/h6,9-10H,4-5,7-8H2,1-3H3. The molecule has 3 rings (SSSR count). The minimum absolute atomic E-state index is 0.0910. The highest BCUT2D eigenvalue weighted by atomic mass is 35.5. The van der Waals surface area contributed by atoms with Crippen molar-refractivity contribution in [1.29, 1.82) is 0 Å². The van der Waals surface area contributed by atoms with Gasteiger partial charge in [0.15, 0.2) is 9.84 Å². The van der Waals surface area contributed by atoms with E-state index in [0.29, 0.717) is 37.6 Å². The SMILES string of the molecule is CC1COCC(C)N1c1cc(C2(S(C)(=O)=O)CC2)nc(Cl)n1. The Morgan fingerprint density at radius 3 is 2.36 bits per heavy atom. The van der Waals surface area contributed by atoms with E-state index in [0.717, 1.165) is 0 Å². The monoisotopic (exact) mass is 345 g/mol. The molecule has 1 aromatic rings. The molecule has 0 spiro atoms. The average molecular weight is 346 g/mol. The molecule has 0 bridgehead atoms. The Balaban J connectivity index is 2.04. The summed E-state index contributed by atoms with van der Waals surface area (Å²) in [4.78, 5) is 10.6. The normalized spacial score (nSPS) is 27.7. The molecule has 122 valence electrons. The second kappa shape index (κ2) is 5.32. The predicted molar refractivity (Wildman–Crippen MR) is 85.0 cm³/mol. The number of hydrogen-bond donors (Lipinski definition) is 0. The molecule has 2 fully saturated rings. The van der Waals surface area contributed by atoms with Gasteiger partial charge in [0, 0.05) is 12.3 Å². The molecule has 22 heavy (non-hydrogen) atoms. The minimum atomic E-state index is -3.23. The summed E-state index contributed by atoms with van der Waals surface area (Å²) in [6.45, 7) is 5.32. The van der Waals surface area contributed by atoms with Crippen LogP contribution in [0.25, 0.3) is 0 Å². The van der Waals surface area contributed by atoms with Gasteiger partial charge in [-0.05, 0) is 38.3 Å². The molecule has 1 saturated carbocycles. The van der Waals surface area contributed by atoms with Gasteiger partial charge in [0.2, 0.25) is 5.28 Å². The smallest absolute Gasteiger partial charge is 0.224 e. The van der Waals surface area contributed by atoms with Crippen LogP contribution in [-0.4, -0.2) is 49.9 Å². The van der Waals surface area contributed by atoms with Crippen LogP contribution in [0.4, 0.5) is 5.82 Å². The third-order valence-corrected chi connectivity index (χ3v) is 6.70. The number of halogens is 1. The molecule has 2 unspecified atom stereocenters. The second-order valence-electron chi connectivity index (χ2n) is 6.29. The minimum Gasteiger partial charge on any atom is -0.377 e. The van der Waals surface area contributed by atoms with Crippen molar-refractivity contribution in [3.63, 3.8) is 0 Å². The van der Waals surface area contributed by atoms with Gasteiger partial charge in [-0.15, -0.1) is 0 Å². The van der Waals surface area contributed by atoms with Gasteiger partial charge >= 0.3 is 0 Å². The largest absolute Gasteiger partial charge is 0.377 e. The van der Waals surface area contributed by atoms with Crippen molar-refractivity contribution < 1.29 is 13.2 Å². The van der Waals surface area contributed by atoms with Crippen LogP contribution in [0.5, 0.6) is 0 Å². The van der Waals surface area contributed by atoms with Crippen molar-refractivity contribution in [3.8, 4) is 0 Å². The molecule has 0 aromatic carbocycles. The first-order chi connectivity index (χ1) is 10.2. The van der Waals surface area contributed by atoms with E-state index in [-0.39, 0.29) is 17.4 Å². The van der Waals surface area contributed by atoms with Crippen LogP contribution in [0.15, 0.2) is 6.07 Å². The van der Waals surface area contributed by atoms with Gasteiger partial charge in [0.05, 0.1) is 31.0 Å². The van der Waals surface area contributed by atoms with E-state index in [1.165, 1.54) is 6.26 Å². The van der Waals surface area contributed by atoms with Gasteiger partial charge in [0.25, 0.3) is 0 Å². The maximum absolute atomic E-state index is 12.1. The summed E-state index contributed by atoms with van der Waals surface area (Å²) in [7, 11) is -3.23. The summed E-state index contributed by atoms with van der Waals surface area (Å²) in [6.07, 6.45) is 2.44. The highest BCUT2D eigenvalue weighted by Crippen LogP contribution is 2.52. The van der Waals surface area contributed by atoms with Crippen LogP contribution in [-0.2, 0) is 19.3 Å². The Hall–Kier alpha value is -0.920.